The Morgan fingerprint density at radius 3 is 2.17 bits per heavy atom. The number of piperidine rings is 1. The zero-order valence-corrected chi connectivity index (χ0v) is 27.1. The molecule has 4 aromatic rings. The van der Waals surface area contributed by atoms with Crippen LogP contribution in [0.5, 0.6) is 0 Å². The van der Waals surface area contributed by atoms with Crippen molar-refractivity contribution in [2.75, 3.05) is 10.6 Å². The molecule has 2 fully saturated rings. The van der Waals surface area contributed by atoms with E-state index >= 15 is 0 Å². The Kier molecular flexibility index (Phi) is 8.39. The quantitative estimate of drug-likeness (QED) is 0.220. The van der Waals surface area contributed by atoms with Gasteiger partial charge in [0.25, 0.3) is 5.91 Å². The van der Waals surface area contributed by atoms with Gasteiger partial charge in [-0.05, 0) is 74.8 Å². The Bertz CT molecular complexity index is 1760. The average Bonchev–Trinajstić information content (AvgIpc) is 3.68. The highest BCUT2D eigenvalue weighted by molar-refractivity contribution is 5.99. The Hall–Kier alpha value is -4.61. The Labute approximate surface area is 271 Å². The number of rotatable bonds is 6. The monoisotopic (exact) mass is 648 g/mol. The molecule has 2 bridgehead atoms. The third kappa shape index (κ3) is 6.91. The Morgan fingerprint density at radius 1 is 0.936 bits per heavy atom. The van der Waals surface area contributed by atoms with Crippen LogP contribution >= 0.6 is 0 Å². The van der Waals surface area contributed by atoms with E-state index in [1.165, 1.54) is 6.92 Å². The molecule has 4 heterocycles. The molecule has 2 N–H and O–H groups in total. The van der Waals surface area contributed by atoms with Crippen LogP contribution in [0.4, 0.5) is 29.5 Å². The summed E-state index contributed by atoms with van der Waals surface area (Å²) in [6.07, 6.45) is -1.11. The van der Waals surface area contributed by atoms with Gasteiger partial charge in [-0.2, -0.15) is 18.3 Å². The topological polar surface area (TPSA) is 105 Å². The van der Waals surface area contributed by atoms with Crippen LogP contribution in [0.3, 0.4) is 0 Å². The predicted octanol–water partition coefficient (Wildman–Crippen LogP) is 8.06. The van der Waals surface area contributed by atoms with Gasteiger partial charge in [0.1, 0.15) is 5.82 Å². The number of aryl methyl sites for hydroxylation is 2. The minimum absolute atomic E-state index is 0.138. The molecule has 0 radical (unpaired) electrons. The largest absolute Gasteiger partial charge is 0.452 e. The highest BCUT2D eigenvalue weighted by Gasteiger charge is 2.48. The number of oxazole rings is 1. The molecule has 0 spiro atoms. The smallest absolute Gasteiger partial charge is 0.436 e. The second-order valence-electron chi connectivity index (χ2n) is 13.7. The lowest BCUT2D eigenvalue weighted by molar-refractivity contribution is -0.153. The molecule has 3 amide bonds. The summed E-state index contributed by atoms with van der Waals surface area (Å²) in [5.74, 6) is -1.37. The lowest BCUT2D eigenvalue weighted by Gasteiger charge is -2.39. The first-order valence-corrected chi connectivity index (χ1v) is 15.9. The Balaban J connectivity index is 1.08. The van der Waals surface area contributed by atoms with Gasteiger partial charge in [0.2, 0.25) is 5.76 Å². The standard InChI is InChI=1S/C35H39F3N6O3/c1-20-6-12-25(13-7-20)44-29(19-28(42-44)34(3,4)5)41-33(46)40-24-10-8-22(9-11-24)16-23-17-26-14-15-27(18-23)43(26)32(45)30-31(35(36,37)38)47-21(2)39-30/h6-13,19,23,26-27H,14-18H2,1-5H3,(H2,40,41,46). The van der Waals surface area contributed by atoms with Gasteiger partial charge in [0, 0.05) is 36.2 Å². The highest BCUT2D eigenvalue weighted by atomic mass is 19.4. The summed E-state index contributed by atoms with van der Waals surface area (Å²) in [5, 5.41) is 10.6. The van der Waals surface area contributed by atoms with Crippen molar-refractivity contribution in [1.29, 1.82) is 0 Å². The SMILES string of the molecule is Cc1ccc(-n2nc(C(C)(C)C)cc2NC(=O)Nc2ccc(CC3CC4CCC(C3)N4C(=O)c3nc(C)oc3C(F)(F)F)cc2)cc1. The number of nitrogens with zero attached hydrogens (tertiary/aromatic N) is 4. The number of urea groups is 1. The second-order valence-corrected chi connectivity index (χ2v) is 13.7. The van der Waals surface area contributed by atoms with Crippen LogP contribution in [0.25, 0.3) is 5.69 Å². The van der Waals surface area contributed by atoms with Gasteiger partial charge >= 0.3 is 12.2 Å². The van der Waals surface area contributed by atoms with Crippen LogP contribution in [0, 0.1) is 19.8 Å². The van der Waals surface area contributed by atoms with Crippen molar-refractivity contribution in [1.82, 2.24) is 19.7 Å². The molecule has 47 heavy (non-hydrogen) atoms. The van der Waals surface area contributed by atoms with E-state index in [1.807, 2.05) is 61.5 Å². The summed E-state index contributed by atoms with van der Waals surface area (Å²) >= 11 is 0. The fourth-order valence-electron chi connectivity index (χ4n) is 6.73. The number of benzene rings is 2. The third-order valence-corrected chi connectivity index (χ3v) is 8.99. The number of anilines is 2. The van der Waals surface area contributed by atoms with E-state index in [9.17, 15) is 22.8 Å². The minimum Gasteiger partial charge on any atom is -0.436 e. The number of nitrogens with one attached hydrogen (secondary N) is 2. The number of alkyl halides is 3. The van der Waals surface area contributed by atoms with Crippen molar-refractivity contribution in [3.05, 3.63) is 88.8 Å². The number of amides is 3. The number of hydrogen-bond acceptors (Lipinski definition) is 5. The van der Waals surface area contributed by atoms with Crippen molar-refractivity contribution < 1.29 is 27.2 Å². The third-order valence-electron chi connectivity index (χ3n) is 8.99. The predicted molar refractivity (Wildman–Crippen MR) is 172 cm³/mol. The van der Waals surface area contributed by atoms with Crippen molar-refractivity contribution in [3.8, 4) is 5.69 Å². The summed E-state index contributed by atoms with van der Waals surface area (Å²) in [4.78, 5) is 31.7. The minimum atomic E-state index is -4.79. The number of carbonyl (C=O) groups is 2. The molecule has 12 heteroatoms. The molecule has 2 aliphatic rings. The maximum absolute atomic E-state index is 13.5. The lowest BCUT2D eigenvalue weighted by Crippen LogP contribution is -2.47. The Morgan fingerprint density at radius 2 is 1.57 bits per heavy atom. The maximum atomic E-state index is 13.5. The second kappa shape index (κ2) is 12.2. The van der Waals surface area contributed by atoms with E-state index in [1.54, 1.807) is 9.58 Å². The van der Waals surface area contributed by atoms with Crippen LogP contribution < -0.4 is 10.6 Å². The molecular formula is C35H39F3N6O3. The summed E-state index contributed by atoms with van der Waals surface area (Å²) in [6, 6.07) is 16.8. The zero-order valence-electron chi connectivity index (χ0n) is 27.1. The molecule has 2 aliphatic heterocycles. The van der Waals surface area contributed by atoms with Crippen molar-refractivity contribution in [2.24, 2.45) is 5.92 Å². The molecule has 2 atom stereocenters. The van der Waals surface area contributed by atoms with Gasteiger partial charge in [-0.1, -0.05) is 50.6 Å². The van der Waals surface area contributed by atoms with Crippen molar-refractivity contribution >= 4 is 23.4 Å². The van der Waals surface area contributed by atoms with E-state index in [0.29, 0.717) is 24.3 Å². The lowest BCUT2D eigenvalue weighted by atomic mass is 9.85. The maximum Gasteiger partial charge on any atom is 0.452 e. The van der Waals surface area contributed by atoms with Crippen molar-refractivity contribution in [2.45, 2.75) is 90.4 Å². The van der Waals surface area contributed by atoms with Gasteiger partial charge in [-0.15, -0.1) is 0 Å². The van der Waals surface area contributed by atoms with Crippen LogP contribution in [0.1, 0.15) is 85.4 Å². The molecule has 0 aliphatic carbocycles. The van der Waals surface area contributed by atoms with Gasteiger partial charge in [0.15, 0.2) is 11.6 Å². The van der Waals surface area contributed by atoms with Gasteiger partial charge < -0.3 is 14.6 Å². The van der Waals surface area contributed by atoms with E-state index in [4.69, 9.17) is 9.52 Å². The van der Waals surface area contributed by atoms with Crippen LogP contribution in [0.15, 0.2) is 59.0 Å². The fraction of sp³-hybridized carbons (Fsp3) is 0.429. The number of carbonyl (C=O) groups excluding carboxylic acids is 2. The number of fused-ring (bicyclic) bond motifs is 2. The van der Waals surface area contributed by atoms with Crippen LogP contribution in [0.2, 0.25) is 0 Å². The van der Waals surface area contributed by atoms with Gasteiger partial charge in [0.05, 0.1) is 11.4 Å². The summed E-state index contributed by atoms with van der Waals surface area (Å²) in [5.41, 5.74) is 3.67. The van der Waals surface area contributed by atoms with Crippen LogP contribution in [-0.4, -0.2) is 43.7 Å². The summed E-state index contributed by atoms with van der Waals surface area (Å²) < 4.78 is 47.0. The van der Waals surface area contributed by atoms with E-state index < -0.39 is 29.6 Å². The van der Waals surface area contributed by atoms with Crippen molar-refractivity contribution in [3.63, 3.8) is 0 Å². The number of hydrogen-bond donors (Lipinski definition) is 2. The average molecular weight is 649 g/mol. The molecule has 2 aromatic carbocycles. The molecule has 9 nitrogen and oxygen atoms in total. The van der Waals surface area contributed by atoms with E-state index in [2.05, 4.69) is 36.4 Å². The first-order valence-electron chi connectivity index (χ1n) is 15.9. The summed E-state index contributed by atoms with van der Waals surface area (Å²) in [6.45, 7) is 9.54. The van der Waals surface area contributed by atoms with Crippen LogP contribution in [-0.2, 0) is 18.0 Å². The number of aromatic nitrogens is 3. The van der Waals surface area contributed by atoms with E-state index in [0.717, 1.165) is 41.8 Å². The molecular weight excluding hydrogens is 609 g/mol. The summed E-state index contributed by atoms with van der Waals surface area (Å²) in [7, 11) is 0. The van der Waals surface area contributed by atoms with E-state index in [-0.39, 0.29) is 29.3 Å². The normalized spacial score (nSPS) is 19.6. The number of halogens is 3. The molecule has 248 valence electrons. The molecule has 2 aromatic heterocycles. The molecule has 0 saturated carbocycles. The van der Waals surface area contributed by atoms with Gasteiger partial charge in [-0.25, -0.2) is 14.5 Å². The molecule has 6 rings (SSSR count). The molecule has 2 saturated heterocycles. The van der Waals surface area contributed by atoms with Gasteiger partial charge in [-0.3, -0.25) is 10.1 Å². The first kappa shape index (κ1) is 32.3. The highest BCUT2D eigenvalue weighted by Crippen LogP contribution is 2.42. The fourth-order valence-corrected chi connectivity index (χ4v) is 6.73. The zero-order chi connectivity index (χ0) is 33.7. The first-order chi connectivity index (χ1) is 22.2. The molecule has 2 unspecified atom stereocenters.